The van der Waals surface area contributed by atoms with Gasteiger partial charge in [0.25, 0.3) is 11.8 Å². The minimum atomic E-state index is -0.562. The molecule has 1 saturated heterocycles. The molecule has 1 aromatic heterocycles. The SMILES string of the molecule is CC1=C(C(=O)Nc2ccc(C)cc2C)C(c2ccc(OCC(=O)N3CCCCC3)cc2)n2nc(SCc3ccccc3Cl)nc2N1. The van der Waals surface area contributed by atoms with Crippen molar-refractivity contribution in [2.24, 2.45) is 0 Å². The minimum Gasteiger partial charge on any atom is -0.484 e. The summed E-state index contributed by atoms with van der Waals surface area (Å²) in [4.78, 5) is 33.3. The molecule has 2 N–H and O–H groups in total. The number of carbonyl (C=O) groups is 2. The van der Waals surface area contributed by atoms with Crippen LogP contribution in [0.3, 0.4) is 0 Å². The van der Waals surface area contributed by atoms with Gasteiger partial charge in [-0.3, -0.25) is 9.59 Å². The van der Waals surface area contributed by atoms with E-state index in [1.165, 1.54) is 11.8 Å². The van der Waals surface area contributed by atoms with E-state index < -0.39 is 6.04 Å². The molecule has 0 spiro atoms. The van der Waals surface area contributed by atoms with Crippen LogP contribution < -0.4 is 15.4 Å². The first-order valence-corrected chi connectivity index (χ1v) is 16.8. The number of anilines is 2. The van der Waals surface area contributed by atoms with Crippen LogP contribution in [-0.4, -0.2) is 51.2 Å². The molecule has 1 atom stereocenters. The van der Waals surface area contributed by atoms with Gasteiger partial charge >= 0.3 is 0 Å². The molecule has 1 unspecified atom stereocenters. The van der Waals surface area contributed by atoms with Crippen molar-refractivity contribution in [3.05, 3.63) is 105 Å². The van der Waals surface area contributed by atoms with Crippen molar-refractivity contribution in [1.82, 2.24) is 19.7 Å². The van der Waals surface area contributed by atoms with E-state index >= 15 is 0 Å². The van der Waals surface area contributed by atoms with E-state index in [9.17, 15) is 9.59 Å². The lowest BCUT2D eigenvalue weighted by Crippen LogP contribution is -2.38. The first kappa shape index (κ1) is 31.7. The van der Waals surface area contributed by atoms with Crippen molar-refractivity contribution in [2.75, 3.05) is 30.3 Å². The second-order valence-electron chi connectivity index (χ2n) is 11.7. The number of aromatic nitrogens is 3. The Hall–Kier alpha value is -4.28. The van der Waals surface area contributed by atoms with Gasteiger partial charge in [0.2, 0.25) is 11.1 Å². The van der Waals surface area contributed by atoms with Gasteiger partial charge in [-0.1, -0.05) is 71.4 Å². The molecular weight excluding hydrogens is 620 g/mol. The Morgan fingerprint density at radius 2 is 1.78 bits per heavy atom. The molecule has 0 saturated carbocycles. The lowest BCUT2D eigenvalue weighted by molar-refractivity contribution is -0.134. The summed E-state index contributed by atoms with van der Waals surface area (Å²) in [6.07, 6.45) is 3.23. The minimum absolute atomic E-state index is 0.000114. The average Bonchev–Trinajstić information content (AvgIpc) is 3.47. The van der Waals surface area contributed by atoms with Crippen LogP contribution in [0, 0.1) is 13.8 Å². The average molecular weight is 657 g/mol. The number of hydrogen-bond acceptors (Lipinski definition) is 7. The molecule has 3 heterocycles. The monoisotopic (exact) mass is 656 g/mol. The first-order chi connectivity index (χ1) is 22.3. The molecule has 4 aromatic rings. The van der Waals surface area contributed by atoms with Gasteiger partial charge < -0.3 is 20.3 Å². The standard InChI is InChI=1S/C35H37ClN6O3S/c1-22-11-16-29(23(2)19-22)38-33(44)31-24(3)37-34-39-35(46-21-26-9-5-6-10-28(26)36)40-42(34)32(31)25-12-14-27(15-13-25)45-20-30(43)41-17-7-4-8-18-41/h5-6,9-16,19,32H,4,7-8,17-18,20-21H2,1-3H3,(H,38,44)(H,37,39,40). The third-order valence-corrected chi connectivity index (χ3v) is 9.54. The van der Waals surface area contributed by atoms with Crippen molar-refractivity contribution in [1.29, 1.82) is 0 Å². The summed E-state index contributed by atoms with van der Waals surface area (Å²) in [7, 11) is 0. The molecule has 1 fully saturated rings. The Morgan fingerprint density at radius 3 is 2.52 bits per heavy atom. The first-order valence-electron chi connectivity index (χ1n) is 15.5. The maximum Gasteiger partial charge on any atom is 0.260 e. The van der Waals surface area contributed by atoms with Crippen LogP contribution in [0.15, 0.2) is 83.2 Å². The van der Waals surface area contributed by atoms with Gasteiger partial charge in [0.15, 0.2) is 6.61 Å². The number of amides is 2. The number of aryl methyl sites for hydroxylation is 2. The highest BCUT2D eigenvalue weighted by molar-refractivity contribution is 7.98. The second kappa shape index (κ2) is 14.0. The normalized spacial score (nSPS) is 16.1. The fraction of sp³-hybridized carbons (Fsp3) is 0.314. The molecule has 3 aromatic carbocycles. The molecule has 9 nitrogen and oxygen atoms in total. The number of ether oxygens (including phenoxy) is 1. The van der Waals surface area contributed by atoms with Gasteiger partial charge in [0, 0.05) is 35.2 Å². The Morgan fingerprint density at radius 1 is 1.02 bits per heavy atom. The molecule has 6 rings (SSSR count). The Balaban J connectivity index is 1.27. The maximum atomic E-state index is 14.0. The summed E-state index contributed by atoms with van der Waals surface area (Å²) < 4.78 is 7.63. The largest absolute Gasteiger partial charge is 0.484 e. The van der Waals surface area contributed by atoms with Crippen LogP contribution in [0.1, 0.15) is 54.5 Å². The predicted molar refractivity (Wildman–Crippen MR) is 182 cm³/mol. The van der Waals surface area contributed by atoms with Gasteiger partial charge in [0.05, 0.1) is 5.57 Å². The molecule has 46 heavy (non-hydrogen) atoms. The van der Waals surface area contributed by atoms with E-state index in [1.54, 1.807) is 4.68 Å². The second-order valence-corrected chi connectivity index (χ2v) is 13.0. The van der Waals surface area contributed by atoms with E-state index in [4.69, 9.17) is 26.4 Å². The van der Waals surface area contributed by atoms with Gasteiger partial charge in [-0.2, -0.15) is 4.98 Å². The van der Waals surface area contributed by atoms with Gasteiger partial charge in [-0.05, 0) is 81.0 Å². The Bertz CT molecular complexity index is 1780. The summed E-state index contributed by atoms with van der Waals surface area (Å²) in [6.45, 7) is 7.45. The number of carbonyl (C=O) groups excluding carboxylic acids is 2. The number of allylic oxidation sites excluding steroid dienone is 1. The van der Waals surface area contributed by atoms with E-state index in [0.717, 1.165) is 60.3 Å². The topological polar surface area (TPSA) is 101 Å². The van der Waals surface area contributed by atoms with Crippen LogP contribution in [-0.2, 0) is 15.3 Å². The van der Waals surface area contributed by atoms with Crippen molar-refractivity contribution < 1.29 is 14.3 Å². The van der Waals surface area contributed by atoms with Crippen LogP contribution >= 0.6 is 23.4 Å². The summed E-state index contributed by atoms with van der Waals surface area (Å²) in [5, 5.41) is 12.5. The highest BCUT2D eigenvalue weighted by Gasteiger charge is 2.34. The number of benzene rings is 3. The highest BCUT2D eigenvalue weighted by Crippen LogP contribution is 2.38. The molecule has 0 radical (unpaired) electrons. The molecule has 238 valence electrons. The highest BCUT2D eigenvalue weighted by atomic mass is 35.5. The van der Waals surface area contributed by atoms with Crippen LogP contribution in [0.2, 0.25) is 5.02 Å². The number of rotatable bonds is 9. The van der Waals surface area contributed by atoms with E-state index in [1.807, 2.05) is 92.4 Å². The number of hydrogen-bond donors (Lipinski definition) is 2. The van der Waals surface area contributed by atoms with Crippen LogP contribution in [0.25, 0.3) is 0 Å². The van der Waals surface area contributed by atoms with Gasteiger partial charge in [-0.25, -0.2) is 4.68 Å². The summed E-state index contributed by atoms with van der Waals surface area (Å²) >= 11 is 7.87. The van der Waals surface area contributed by atoms with Crippen LogP contribution in [0.4, 0.5) is 11.6 Å². The number of nitrogens with zero attached hydrogens (tertiary/aromatic N) is 4. The molecule has 2 aliphatic heterocycles. The lowest BCUT2D eigenvalue weighted by atomic mass is 9.94. The van der Waals surface area contributed by atoms with Crippen molar-refractivity contribution in [3.8, 4) is 5.75 Å². The van der Waals surface area contributed by atoms with E-state index in [-0.39, 0.29) is 18.4 Å². The third-order valence-electron chi connectivity index (χ3n) is 8.29. The van der Waals surface area contributed by atoms with E-state index in [2.05, 4.69) is 10.6 Å². The fourth-order valence-corrected chi connectivity index (χ4v) is 6.94. The Labute approximate surface area is 278 Å². The third kappa shape index (κ3) is 7.08. The molecular formula is C35H37ClN6O3S. The zero-order valence-corrected chi connectivity index (χ0v) is 27.8. The molecule has 0 bridgehead atoms. The number of nitrogens with one attached hydrogen (secondary N) is 2. The number of halogens is 1. The quantitative estimate of drug-likeness (QED) is 0.184. The van der Waals surface area contributed by atoms with Crippen molar-refractivity contribution >= 4 is 46.8 Å². The number of fused-ring (bicyclic) bond motifs is 1. The Kier molecular flexibility index (Phi) is 9.65. The molecule has 0 aliphatic carbocycles. The smallest absolute Gasteiger partial charge is 0.260 e. The van der Waals surface area contributed by atoms with Crippen molar-refractivity contribution in [3.63, 3.8) is 0 Å². The fourth-order valence-electron chi connectivity index (χ4n) is 5.82. The maximum absolute atomic E-state index is 14.0. The number of thioether (sulfide) groups is 1. The van der Waals surface area contributed by atoms with Gasteiger partial charge in [0.1, 0.15) is 11.8 Å². The molecule has 2 amide bonds. The van der Waals surface area contributed by atoms with E-state index in [0.29, 0.717) is 38.9 Å². The molecule has 2 aliphatic rings. The number of likely N-dealkylation sites (tertiary alicyclic amines) is 1. The molecule has 11 heteroatoms. The summed E-state index contributed by atoms with van der Waals surface area (Å²) in [6, 6.07) is 20.6. The summed E-state index contributed by atoms with van der Waals surface area (Å²) in [5.41, 5.74) is 5.87. The predicted octanol–water partition coefficient (Wildman–Crippen LogP) is 7.16. The number of piperidine rings is 1. The van der Waals surface area contributed by atoms with Gasteiger partial charge in [-0.15, -0.1) is 5.10 Å². The zero-order chi connectivity index (χ0) is 32.2. The van der Waals surface area contributed by atoms with Crippen molar-refractivity contribution in [2.45, 2.75) is 57.0 Å². The summed E-state index contributed by atoms with van der Waals surface area (Å²) in [5.74, 6) is 1.49. The van der Waals surface area contributed by atoms with Crippen LogP contribution in [0.5, 0.6) is 5.75 Å². The lowest BCUT2D eigenvalue weighted by Gasteiger charge is -2.29. The zero-order valence-electron chi connectivity index (χ0n) is 26.2.